The van der Waals surface area contributed by atoms with Crippen molar-refractivity contribution >= 4 is 84.5 Å². The smallest absolute Gasteiger partial charge is 0.512 e. The van der Waals surface area contributed by atoms with Gasteiger partial charge in [-0.15, -0.1) is 0 Å². The Labute approximate surface area is 224 Å². The van der Waals surface area contributed by atoms with Crippen LogP contribution in [0.15, 0.2) is 109 Å². The molecule has 0 saturated heterocycles. The quantitative estimate of drug-likeness (QED) is 0.195. The zero-order valence-corrected chi connectivity index (χ0v) is 20.7. The van der Waals surface area contributed by atoms with Gasteiger partial charge < -0.3 is 24.8 Å². The van der Waals surface area contributed by atoms with Gasteiger partial charge in [0.25, 0.3) is 0 Å². The van der Waals surface area contributed by atoms with Crippen LogP contribution in [0.4, 0.5) is 0 Å². The Morgan fingerprint density at radius 2 is 0.821 bits per heavy atom. The van der Waals surface area contributed by atoms with E-state index in [0.717, 1.165) is 32.3 Å². The minimum atomic E-state index is -1.81. The fourth-order valence-electron chi connectivity index (χ4n) is 5.91. The molecule has 0 spiro atoms. The van der Waals surface area contributed by atoms with Gasteiger partial charge in [0.2, 0.25) is 0 Å². The number of benzene rings is 8. The topological polar surface area (TPSA) is 90.2 Å². The minimum Gasteiger partial charge on any atom is -0.512 e. The average Bonchev–Trinajstić information content (AvgIpc) is 2.95. The van der Waals surface area contributed by atoms with E-state index in [1.807, 2.05) is 48.5 Å². The van der Waals surface area contributed by atoms with Crippen LogP contribution in [-0.2, 0) is 0 Å². The molecule has 0 aliphatic heterocycles. The van der Waals surface area contributed by atoms with E-state index >= 15 is 0 Å². The molecular formula is C32H22B2O5. The molecule has 39 heavy (non-hydrogen) atoms. The van der Waals surface area contributed by atoms with E-state index in [9.17, 15) is 10.0 Å². The maximum atomic E-state index is 9.51. The Bertz CT molecular complexity index is 2090. The van der Waals surface area contributed by atoms with E-state index in [2.05, 4.69) is 48.5 Å². The number of rotatable bonds is 3. The molecule has 8 aromatic carbocycles. The van der Waals surface area contributed by atoms with E-state index in [-0.39, 0.29) is 0 Å². The van der Waals surface area contributed by atoms with E-state index < -0.39 is 14.4 Å². The summed E-state index contributed by atoms with van der Waals surface area (Å²) in [7, 11) is -3.25. The van der Waals surface area contributed by atoms with E-state index in [0.29, 0.717) is 11.2 Å². The molecule has 0 unspecified atom stereocenters. The molecule has 0 aliphatic rings. The molecule has 0 aliphatic carbocycles. The zero-order valence-electron chi connectivity index (χ0n) is 20.7. The summed E-state index contributed by atoms with van der Waals surface area (Å²) in [6.45, 7) is 0. The Kier molecular flexibility index (Phi) is 5.54. The van der Waals surface area contributed by atoms with Gasteiger partial charge in [0.1, 0.15) is 5.75 Å². The number of hydrogen-bond donors (Lipinski definition) is 4. The third kappa shape index (κ3) is 3.83. The van der Waals surface area contributed by atoms with Crippen LogP contribution < -0.4 is 10.1 Å². The lowest BCUT2D eigenvalue weighted by Crippen LogP contribution is -2.30. The monoisotopic (exact) mass is 508 g/mol. The van der Waals surface area contributed by atoms with Crippen molar-refractivity contribution in [3.8, 4) is 5.75 Å². The van der Waals surface area contributed by atoms with E-state index in [1.165, 1.54) is 32.3 Å². The Hall–Kier alpha value is -4.39. The van der Waals surface area contributed by atoms with Gasteiger partial charge in [0.15, 0.2) is 0 Å². The summed E-state index contributed by atoms with van der Waals surface area (Å²) in [6.07, 6.45) is 0. The fourth-order valence-corrected chi connectivity index (χ4v) is 5.91. The molecule has 0 aromatic heterocycles. The maximum absolute atomic E-state index is 9.51. The van der Waals surface area contributed by atoms with Crippen molar-refractivity contribution in [2.75, 3.05) is 0 Å². The zero-order chi connectivity index (χ0) is 26.7. The molecule has 7 heteroatoms. The third-order valence-corrected chi connectivity index (χ3v) is 7.56. The first kappa shape index (κ1) is 23.7. The van der Waals surface area contributed by atoms with Gasteiger partial charge in [-0.05, 0) is 65.4 Å². The normalized spacial score (nSPS) is 11.6. The molecule has 0 saturated carbocycles. The summed E-state index contributed by atoms with van der Waals surface area (Å²) in [6, 6.07) is 36.2. The molecule has 0 heterocycles. The number of hydrogen-bond acceptors (Lipinski definition) is 5. The lowest BCUT2D eigenvalue weighted by atomic mass is 9.75. The standard InChI is InChI=1S/C16H11BO3.C16H11BO2/c18-17(19)20-14-9-7-12-5-4-10-2-1-3-11-6-8-13(14)16(12)15(10)11;18-17(19)14-9-7-12-5-4-10-2-1-3-11-6-8-13(14)16(12)15(10)11/h1-9,18-19H;1-9,18-19H. The maximum Gasteiger partial charge on any atom is 0.707 e. The SMILES string of the molecule is OB(O)Oc1ccc2ccc3cccc4ccc1c2c34.OB(O)c1ccc2ccc3cccc4ccc1c2c34. The summed E-state index contributed by atoms with van der Waals surface area (Å²) in [5, 5.41) is 50.4. The highest BCUT2D eigenvalue weighted by molar-refractivity contribution is 6.62. The van der Waals surface area contributed by atoms with Crippen LogP contribution >= 0.6 is 0 Å². The second kappa shape index (κ2) is 9.12. The van der Waals surface area contributed by atoms with Gasteiger partial charge in [-0.1, -0.05) is 103 Å². The highest BCUT2D eigenvalue weighted by atomic mass is 16.6. The van der Waals surface area contributed by atoms with Crippen LogP contribution in [0.1, 0.15) is 0 Å². The van der Waals surface area contributed by atoms with Crippen molar-refractivity contribution in [2.45, 2.75) is 0 Å². The predicted octanol–water partition coefficient (Wildman–Crippen LogP) is 5.20. The summed E-state index contributed by atoms with van der Waals surface area (Å²) in [5.41, 5.74) is 0.561. The van der Waals surface area contributed by atoms with E-state index in [4.69, 9.17) is 14.7 Å². The highest BCUT2D eigenvalue weighted by Crippen LogP contribution is 2.38. The van der Waals surface area contributed by atoms with Crippen LogP contribution in [0.5, 0.6) is 5.75 Å². The summed E-state index contributed by atoms with van der Waals surface area (Å²) in [5.74, 6) is 0.478. The largest absolute Gasteiger partial charge is 0.707 e. The van der Waals surface area contributed by atoms with Crippen molar-refractivity contribution < 1.29 is 24.8 Å². The van der Waals surface area contributed by atoms with Crippen molar-refractivity contribution in [3.63, 3.8) is 0 Å². The van der Waals surface area contributed by atoms with Crippen LogP contribution in [-0.4, -0.2) is 34.5 Å². The van der Waals surface area contributed by atoms with Gasteiger partial charge in [0.05, 0.1) is 0 Å². The molecule has 0 atom stereocenters. The Morgan fingerprint density at radius 1 is 0.410 bits per heavy atom. The molecule has 0 radical (unpaired) electrons. The summed E-state index contributed by atoms with van der Waals surface area (Å²) in [4.78, 5) is 0. The molecule has 8 aromatic rings. The molecule has 186 valence electrons. The fraction of sp³-hybridized carbons (Fsp3) is 0. The van der Waals surface area contributed by atoms with Crippen LogP contribution in [0.3, 0.4) is 0 Å². The summed E-state index contributed by atoms with van der Waals surface area (Å²) < 4.78 is 5.08. The average molecular weight is 508 g/mol. The molecule has 0 fully saturated rings. The Morgan fingerprint density at radius 3 is 1.33 bits per heavy atom. The lowest BCUT2D eigenvalue weighted by Gasteiger charge is -2.14. The van der Waals surface area contributed by atoms with Gasteiger partial charge in [0, 0.05) is 10.8 Å². The van der Waals surface area contributed by atoms with Gasteiger partial charge >= 0.3 is 14.4 Å². The first-order chi connectivity index (χ1) is 19.0. The van der Waals surface area contributed by atoms with Crippen LogP contribution in [0.2, 0.25) is 0 Å². The molecular weight excluding hydrogens is 486 g/mol. The first-order valence-corrected chi connectivity index (χ1v) is 12.7. The van der Waals surface area contributed by atoms with E-state index in [1.54, 1.807) is 12.1 Å². The van der Waals surface area contributed by atoms with Crippen LogP contribution in [0, 0.1) is 0 Å². The van der Waals surface area contributed by atoms with Crippen molar-refractivity contribution in [1.82, 2.24) is 0 Å². The predicted molar refractivity (Wildman–Crippen MR) is 161 cm³/mol. The summed E-state index contributed by atoms with van der Waals surface area (Å²) >= 11 is 0. The van der Waals surface area contributed by atoms with Gasteiger partial charge in [-0.25, -0.2) is 0 Å². The molecule has 4 N–H and O–H groups in total. The van der Waals surface area contributed by atoms with Crippen molar-refractivity contribution in [1.29, 1.82) is 0 Å². The molecule has 8 rings (SSSR count). The second-order valence-corrected chi connectivity index (χ2v) is 9.75. The van der Waals surface area contributed by atoms with Gasteiger partial charge in [-0.2, -0.15) is 0 Å². The second-order valence-electron chi connectivity index (χ2n) is 9.75. The first-order valence-electron chi connectivity index (χ1n) is 12.7. The van der Waals surface area contributed by atoms with Gasteiger partial charge in [-0.3, -0.25) is 0 Å². The van der Waals surface area contributed by atoms with Crippen LogP contribution in [0.25, 0.3) is 64.6 Å². The van der Waals surface area contributed by atoms with Crippen molar-refractivity contribution in [3.05, 3.63) is 109 Å². The third-order valence-electron chi connectivity index (χ3n) is 7.56. The Balaban J connectivity index is 0.000000130. The lowest BCUT2D eigenvalue weighted by molar-refractivity contribution is 0.289. The molecule has 0 amide bonds. The molecule has 5 nitrogen and oxygen atoms in total. The highest BCUT2D eigenvalue weighted by Gasteiger charge is 2.18. The minimum absolute atomic E-state index is 0.478. The van der Waals surface area contributed by atoms with Crippen molar-refractivity contribution in [2.24, 2.45) is 0 Å². The molecule has 0 bridgehead atoms.